The van der Waals surface area contributed by atoms with Gasteiger partial charge in [0, 0.05) is 17.1 Å². The van der Waals surface area contributed by atoms with E-state index >= 15 is 0 Å². The van der Waals surface area contributed by atoms with Crippen LogP contribution < -0.4 is 0 Å². The lowest BCUT2D eigenvalue weighted by atomic mass is 9.94. The molecule has 0 amide bonds. The molecule has 0 bridgehead atoms. The first kappa shape index (κ1) is 11.0. The van der Waals surface area contributed by atoms with E-state index in [4.69, 9.17) is 4.98 Å². The Kier molecular flexibility index (Phi) is 2.06. The predicted octanol–water partition coefficient (Wildman–Crippen LogP) is 4.96. The molecular weight excluding hydrogens is 254 g/mol. The summed E-state index contributed by atoms with van der Waals surface area (Å²) in [5.74, 6) is 0. The molecule has 1 heterocycles. The summed E-state index contributed by atoms with van der Waals surface area (Å²) in [5.41, 5.74) is 6.66. The van der Waals surface area contributed by atoms with Gasteiger partial charge in [-0.2, -0.15) is 0 Å². The van der Waals surface area contributed by atoms with Gasteiger partial charge in [0.2, 0.25) is 0 Å². The molecule has 21 heavy (non-hydrogen) atoms. The van der Waals surface area contributed by atoms with Crippen molar-refractivity contribution >= 4 is 21.7 Å². The molecule has 98 valence electrons. The van der Waals surface area contributed by atoms with Gasteiger partial charge in [0.15, 0.2) is 0 Å². The van der Waals surface area contributed by atoms with Gasteiger partial charge in [-0.25, -0.2) is 0 Å². The monoisotopic (exact) mass is 267 g/mol. The summed E-state index contributed by atoms with van der Waals surface area (Å²) in [4.78, 5) is 4.70. The van der Waals surface area contributed by atoms with Crippen LogP contribution in [0, 0.1) is 0 Å². The minimum absolute atomic E-state index is 1.01. The highest BCUT2D eigenvalue weighted by molar-refractivity contribution is 6.15. The van der Waals surface area contributed by atoms with Crippen LogP contribution in [0.4, 0.5) is 0 Å². The smallest absolute Gasteiger partial charge is 0.0789 e. The number of hydrogen-bond donors (Lipinski definition) is 0. The average Bonchev–Trinajstić information content (AvgIpc) is 2.95. The van der Waals surface area contributed by atoms with Gasteiger partial charge < -0.3 is 0 Å². The number of benzene rings is 3. The van der Waals surface area contributed by atoms with Gasteiger partial charge in [-0.15, -0.1) is 0 Å². The molecular formula is C20H13N. The van der Waals surface area contributed by atoms with E-state index in [1.165, 1.54) is 38.4 Å². The maximum absolute atomic E-state index is 4.70. The third-order valence-corrected chi connectivity index (χ3v) is 4.54. The van der Waals surface area contributed by atoms with E-state index in [1.807, 2.05) is 12.3 Å². The van der Waals surface area contributed by atoms with Crippen molar-refractivity contribution in [1.82, 2.24) is 4.98 Å². The Morgan fingerprint density at radius 2 is 1.48 bits per heavy atom. The molecule has 1 nitrogen and oxygen atoms in total. The Balaban J connectivity index is 2.08. The molecule has 0 N–H and O–H groups in total. The Morgan fingerprint density at radius 3 is 2.43 bits per heavy atom. The first-order valence-corrected chi connectivity index (χ1v) is 7.30. The molecule has 0 saturated carbocycles. The number of aromatic nitrogens is 1. The van der Waals surface area contributed by atoms with Crippen molar-refractivity contribution in [3.8, 4) is 11.1 Å². The van der Waals surface area contributed by atoms with Crippen LogP contribution in [0.2, 0.25) is 0 Å². The second-order valence-electron chi connectivity index (χ2n) is 5.63. The summed E-state index contributed by atoms with van der Waals surface area (Å²) >= 11 is 0. The zero-order chi connectivity index (χ0) is 13.8. The molecule has 1 aliphatic rings. The summed E-state index contributed by atoms with van der Waals surface area (Å²) in [5, 5.41) is 3.93. The van der Waals surface area contributed by atoms with Crippen LogP contribution in [-0.4, -0.2) is 4.98 Å². The molecule has 5 rings (SSSR count). The lowest BCUT2D eigenvalue weighted by Crippen LogP contribution is -1.89. The summed E-state index contributed by atoms with van der Waals surface area (Å²) in [6, 6.07) is 21.6. The summed E-state index contributed by atoms with van der Waals surface area (Å²) in [6.45, 7) is 0. The van der Waals surface area contributed by atoms with Crippen LogP contribution in [-0.2, 0) is 6.42 Å². The first-order chi connectivity index (χ1) is 10.4. The summed E-state index contributed by atoms with van der Waals surface area (Å²) in [7, 11) is 0. The highest BCUT2D eigenvalue weighted by Gasteiger charge is 2.23. The molecule has 1 aliphatic carbocycles. The van der Waals surface area contributed by atoms with Crippen LogP contribution in [0.1, 0.15) is 11.1 Å². The number of rotatable bonds is 0. The largest absolute Gasteiger partial charge is 0.256 e. The molecule has 3 aromatic carbocycles. The second-order valence-corrected chi connectivity index (χ2v) is 5.63. The van der Waals surface area contributed by atoms with Gasteiger partial charge in [0.05, 0.1) is 5.52 Å². The number of pyridine rings is 1. The fraction of sp³-hybridized carbons (Fsp3) is 0.0500. The molecule has 0 atom stereocenters. The Morgan fingerprint density at radius 1 is 0.714 bits per heavy atom. The third kappa shape index (κ3) is 1.38. The normalized spacial score (nSPS) is 12.6. The minimum Gasteiger partial charge on any atom is -0.256 e. The van der Waals surface area contributed by atoms with E-state index in [9.17, 15) is 0 Å². The lowest BCUT2D eigenvalue weighted by Gasteiger charge is -2.11. The quantitative estimate of drug-likeness (QED) is 0.361. The SMILES string of the molecule is c1ccc2c(c1)Cc1c-2c2ncccc2c2ccccc12. The highest BCUT2D eigenvalue weighted by Crippen LogP contribution is 2.44. The Bertz CT molecular complexity index is 1010. The van der Waals surface area contributed by atoms with E-state index in [0.29, 0.717) is 0 Å². The van der Waals surface area contributed by atoms with Gasteiger partial charge in [0.25, 0.3) is 0 Å². The average molecular weight is 267 g/mol. The van der Waals surface area contributed by atoms with Crippen molar-refractivity contribution < 1.29 is 0 Å². The molecule has 0 radical (unpaired) electrons. The first-order valence-electron chi connectivity index (χ1n) is 7.30. The van der Waals surface area contributed by atoms with E-state index in [1.54, 1.807) is 0 Å². The van der Waals surface area contributed by atoms with Crippen LogP contribution in [0.5, 0.6) is 0 Å². The maximum atomic E-state index is 4.70. The van der Waals surface area contributed by atoms with Gasteiger partial charge in [0.1, 0.15) is 0 Å². The zero-order valence-electron chi connectivity index (χ0n) is 11.5. The van der Waals surface area contributed by atoms with Crippen molar-refractivity contribution in [3.05, 3.63) is 78.0 Å². The van der Waals surface area contributed by atoms with Crippen molar-refractivity contribution in [1.29, 1.82) is 0 Å². The van der Waals surface area contributed by atoms with E-state index in [0.717, 1.165) is 11.9 Å². The fourth-order valence-corrected chi connectivity index (χ4v) is 3.66. The van der Waals surface area contributed by atoms with Crippen molar-refractivity contribution in [2.45, 2.75) is 6.42 Å². The van der Waals surface area contributed by atoms with Crippen LogP contribution in [0.3, 0.4) is 0 Å². The van der Waals surface area contributed by atoms with Gasteiger partial charge in [-0.1, -0.05) is 54.6 Å². The standard InChI is InChI=1S/C20H13N/c1-2-7-14-13(6-1)12-18-16-9-4-3-8-15(16)17-10-5-11-21-20(17)19(14)18/h1-11H,12H2. The predicted molar refractivity (Wildman–Crippen MR) is 87.5 cm³/mol. The lowest BCUT2D eigenvalue weighted by molar-refractivity contribution is 1.28. The molecule has 1 heteroatoms. The van der Waals surface area contributed by atoms with Crippen molar-refractivity contribution in [2.24, 2.45) is 0 Å². The summed E-state index contributed by atoms with van der Waals surface area (Å²) in [6.07, 6.45) is 2.91. The van der Waals surface area contributed by atoms with Crippen molar-refractivity contribution in [2.75, 3.05) is 0 Å². The molecule has 0 saturated heterocycles. The highest BCUT2D eigenvalue weighted by atomic mass is 14.7. The number of hydrogen-bond acceptors (Lipinski definition) is 1. The van der Waals surface area contributed by atoms with Gasteiger partial charge in [-0.3, -0.25) is 4.98 Å². The Hall–Kier alpha value is -2.67. The van der Waals surface area contributed by atoms with Crippen LogP contribution >= 0.6 is 0 Å². The van der Waals surface area contributed by atoms with E-state index in [2.05, 4.69) is 54.6 Å². The molecule has 0 spiro atoms. The molecule has 1 aromatic heterocycles. The number of fused-ring (bicyclic) bond motifs is 8. The van der Waals surface area contributed by atoms with Crippen molar-refractivity contribution in [3.63, 3.8) is 0 Å². The number of nitrogens with zero attached hydrogens (tertiary/aromatic N) is 1. The van der Waals surface area contributed by atoms with Crippen LogP contribution in [0.15, 0.2) is 66.9 Å². The molecule has 0 aliphatic heterocycles. The second kappa shape index (κ2) is 3.92. The molecule has 0 fully saturated rings. The van der Waals surface area contributed by atoms with Gasteiger partial charge in [-0.05, 0) is 39.9 Å². The molecule has 4 aromatic rings. The fourth-order valence-electron chi connectivity index (χ4n) is 3.66. The van der Waals surface area contributed by atoms with Crippen LogP contribution in [0.25, 0.3) is 32.8 Å². The third-order valence-electron chi connectivity index (χ3n) is 4.54. The minimum atomic E-state index is 1.01. The maximum Gasteiger partial charge on any atom is 0.0789 e. The molecule has 0 unspecified atom stereocenters. The van der Waals surface area contributed by atoms with E-state index < -0.39 is 0 Å². The van der Waals surface area contributed by atoms with E-state index in [-0.39, 0.29) is 0 Å². The summed E-state index contributed by atoms with van der Waals surface area (Å²) < 4.78 is 0. The topological polar surface area (TPSA) is 12.9 Å². The zero-order valence-corrected chi connectivity index (χ0v) is 11.5. The Labute approximate surface area is 122 Å². The van der Waals surface area contributed by atoms with Gasteiger partial charge >= 0.3 is 0 Å².